The van der Waals surface area contributed by atoms with Crippen LogP contribution in [0.1, 0.15) is 34.3 Å². The van der Waals surface area contributed by atoms with Crippen molar-refractivity contribution in [2.45, 2.75) is 37.6 Å². The number of carbonyl (C=O) groups excluding carboxylic acids is 1. The number of nitro benzene ring substituents is 1. The number of aryl methyl sites for hydroxylation is 2. The molecule has 0 radical (unpaired) electrons. The highest BCUT2D eigenvalue weighted by atomic mass is 32.2. The minimum Gasteiger partial charge on any atom is -0.350 e. The van der Waals surface area contributed by atoms with Crippen molar-refractivity contribution in [3.05, 3.63) is 69.3 Å². The molecule has 0 aromatic heterocycles. The summed E-state index contributed by atoms with van der Waals surface area (Å²) in [5.74, 6) is -0.393. The Morgan fingerprint density at radius 2 is 1.90 bits per heavy atom. The summed E-state index contributed by atoms with van der Waals surface area (Å²) in [6.07, 6.45) is 1.38. The van der Waals surface area contributed by atoms with Gasteiger partial charge in [0.05, 0.1) is 9.82 Å². The van der Waals surface area contributed by atoms with Crippen LogP contribution < -0.4 is 5.32 Å². The smallest absolute Gasteiger partial charge is 0.269 e. The molecule has 0 unspecified atom stereocenters. The molecular formula is C20H23N3O5S. The topological polar surface area (TPSA) is 110 Å². The molecule has 0 spiro atoms. The van der Waals surface area contributed by atoms with E-state index in [1.165, 1.54) is 28.6 Å². The Bertz CT molecular complexity index is 1030. The van der Waals surface area contributed by atoms with Gasteiger partial charge in [-0.15, -0.1) is 0 Å². The van der Waals surface area contributed by atoms with Gasteiger partial charge in [0.1, 0.15) is 0 Å². The van der Waals surface area contributed by atoms with Gasteiger partial charge in [0.25, 0.3) is 11.6 Å². The van der Waals surface area contributed by atoms with E-state index in [1.54, 1.807) is 19.1 Å². The first-order chi connectivity index (χ1) is 13.7. The van der Waals surface area contributed by atoms with E-state index in [0.717, 1.165) is 12.0 Å². The number of non-ortho nitro benzene ring substituents is 1. The van der Waals surface area contributed by atoms with Crippen LogP contribution in [0.5, 0.6) is 0 Å². The number of rotatable bonds is 6. The van der Waals surface area contributed by atoms with E-state index < -0.39 is 20.9 Å². The van der Waals surface area contributed by atoms with Crippen LogP contribution in [0.3, 0.4) is 0 Å². The van der Waals surface area contributed by atoms with Crippen LogP contribution in [0.2, 0.25) is 0 Å². The van der Waals surface area contributed by atoms with E-state index in [9.17, 15) is 23.3 Å². The van der Waals surface area contributed by atoms with Crippen LogP contribution >= 0.6 is 0 Å². The number of amides is 1. The van der Waals surface area contributed by atoms with Gasteiger partial charge < -0.3 is 5.32 Å². The molecule has 1 atom stereocenters. The summed E-state index contributed by atoms with van der Waals surface area (Å²) in [7, 11) is -3.66. The lowest BCUT2D eigenvalue weighted by atomic mass is 10.2. The molecule has 0 saturated carbocycles. The quantitative estimate of drug-likeness (QED) is 0.574. The van der Waals surface area contributed by atoms with E-state index >= 15 is 0 Å². The Kier molecular flexibility index (Phi) is 5.99. The van der Waals surface area contributed by atoms with Gasteiger partial charge >= 0.3 is 0 Å². The molecular weight excluding hydrogens is 394 g/mol. The first kappa shape index (κ1) is 20.9. The highest BCUT2D eigenvalue weighted by Crippen LogP contribution is 2.28. The highest BCUT2D eigenvalue weighted by Gasteiger charge is 2.36. The average Bonchev–Trinajstić information content (AvgIpc) is 3.17. The van der Waals surface area contributed by atoms with E-state index in [1.807, 2.05) is 13.0 Å². The monoisotopic (exact) mass is 417 g/mol. The minimum atomic E-state index is -3.66. The normalized spacial score (nSPS) is 17.2. The van der Waals surface area contributed by atoms with Crippen LogP contribution in [0.15, 0.2) is 47.4 Å². The third-order valence-corrected chi connectivity index (χ3v) is 7.19. The number of sulfonamides is 1. The summed E-state index contributed by atoms with van der Waals surface area (Å²) >= 11 is 0. The molecule has 0 bridgehead atoms. The maximum atomic E-state index is 13.2. The lowest BCUT2D eigenvalue weighted by Crippen LogP contribution is -2.43. The first-order valence-electron chi connectivity index (χ1n) is 9.32. The molecule has 1 saturated heterocycles. The van der Waals surface area contributed by atoms with Crippen molar-refractivity contribution < 1.29 is 18.1 Å². The Labute approximate surface area is 169 Å². The molecule has 1 N–H and O–H groups in total. The number of nitrogens with one attached hydrogen (secondary N) is 1. The van der Waals surface area contributed by atoms with Crippen LogP contribution in [0.25, 0.3) is 0 Å². The Balaban J connectivity index is 1.71. The Morgan fingerprint density at radius 1 is 1.21 bits per heavy atom. The van der Waals surface area contributed by atoms with Crippen LogP contribution in [-0.4, -0.2) is 42.7 Å². The van der Waals surface area contributed by atoms with Crippen LogP contribution in [-0.2, 0) is 10.0 Å². The Hall–Kier alpha value is -2.78. The molecule has 9 heteroatoms. The maximum Gasteiger partial charge on any atom is 0.269 e. The van der Waals surface area contributed by atoms with E-state index in [-0.39, 0.29) is 23.8 Å². The van der Waals surface area contributed by atoms with Gasteiger partial charge in [0.2, 0.25) is 10.0 Å². The van der Waals surface area contributed by atoms with Crippen molar-refractivity contribution in [1.29, 1.82) is 0 Å². The fraction of sp³-hybridized carbons (Fsp3) is 0.350. The lowest BCUT2D eigenvalue weighted by molar-refractivity contribution is -0.384. The molecule has 1 heterocycles. The molecule has 8 nitrogen and oxygen atoms in total. The number of benzene rings is 2. The summed E-state index contributed by atoms with van der Waals surface area (Å²) in [6.45, 7) is 4.21. The number of nitrogens with zero attached hydrogens (tertiary/aromatic N) is 2. The highest BCUT2D eigenvalue weighted by molar-refractivity contribution is 7.89. The van der Waals surface area contributed by atoms with Crippen molar-refractivity contribution in [2.24, 2.45) is 0 Å². The molecule has 1 aliphatic rings. The number of nitro groups is 1. The molecule has 2 aromatic rings. The molecule has 1 aliphatic heterocycles. The fourth-order valence-electron chi connectivity index (χ4n) is 3.49. The zero-order valence-electron chi connectivity index (χ0n) is 16.3. The number of carbonyl (C=O) groups is 1. The molecule has 154 valence electrons. The van der Waals surface area contributed by atoms with Gasteiger partial charge in [-0.3, -0.25) is 14.9 Å². The largest absolute Gasteiger partial charge is 0.350 e. The molecule has 3 rings (SSSR count). The summed E-state index contributed by atoms with van der Waals surface area (Å²) in [5.41, 5.74) is 1.76. The Morgan fingerprint density at radius 3 is 2.55 bits per heavy atom. The van der Waals surface area contributed by atoms with Crippen molar-refractivity contribution >= 4 is 21.6 Å². The van der Waals surface area contributed by atoms with Crippen molar-refractivity contribution in [3.63, 3.8) is 0 Å². The van der Waals surface area contributed by atoms with Crippen LogP contribution in [0.4, 0.5) is 5.69 Å². The fourth-order valence-corrected chi connectivity index (χ4v) is 5.49. The second-order valence-electron chi connectivity index (χ2n) is 7.19. The standard InChI is InChI=1S/C20H23N3O5S/c1-14-5-6-15(2)19(12-14)29(27,28)22-11-3-4-18(22)13-21-20(24)16-7-9-17(10-8-16)23(25)26/h5-10,12,18H,3-4,11,13H2,1-2H3,(H,21,24)/t18-/m1/s1. The molecule has 1 amide bonds. The number of hydrogen-bond acceptors (Lipinski definition) is 5. The molecule has 0 aliphatic carbocycles. The van der Waals surface area contributed by atoms with Crippen molar-refractivity contribution in [3.8, 4) is 0 Å². The van der Waals surface area contributed by atoms with E-state index in [4.69, 9.17) is 0 Å². The summed E-state index contributed by atoms with van der Waals surface area (Å²) in [6, 6.07) is 10.3. The zero-order valence-corrected chi connectivity index (χ0v) is 17.1. The molecule has 1 fully saturated rings. The van der Waals surface area contributed by atoms with Crippen molar-refractivity contribution in [1.82, 2.24) is 9.62 Å². The maximum absolute atomic E-state index is 13.2. The summed E-state index contributed by atoms with van der Waals surface area (Å²) in [4.78, 5) is 22.8. The zero-order chi connectivity index (χ0) is 21.2. The summed E-state index contributed by atoms with van der Waals surface area (Å²) in [5, 5.41) is 13.5. The van der Waals surface area contributed by atoms with Gasteiger partial charge in [-0.05, 0) is 56.0 Å². The van der Waals surface area contributed by atoms with Gasteiger partial charge in [-0.2, -0.15) is 4.31 Å². The van der Waals surface area contributed by atoms with E-state index in [0.29, 0.717) is 23.4 Å². The first-order valence-corrected chi connectivity index (χ1v) is 10.8. The molecule has 29 heavy (non-hydrogen) atoms. The average molecular weight is 417 g/mol. The lowest BCUT2D eigenvalue weighted by Gasteiger charge is -2.25. The second kappa shape index (κ2) is 8.30. The summed E-state index contributed by atoms with van der Waals surface area (Å²) < 4.78 is 27.8. The van der Waals surface area contributed by atoms with Gasteiger partial charge in [-0.1, -0.05) is 12.1 Å². The third-order valence-electron chi connectivity index (χ3n) is 5.09. The van der Waals surface area contributed by atoms with Gasteiger partial charge in [-0.25, -0.2) is 8.42 Å². The second-order valence-corrected chi connectivity index (χ2v) is 9.05. The SMILES string of the molecule is Cc1ccc(C)c(S(=O)(=O)N2CCC[C@@H]2CNC(=O)c2ccc([N+](=O)[O-])cc2)c1. The van der Waals surface area contributed by atoms with E-state index in [2.05, 4.69) is 5.32 Å². The molecule has 2 aromatic carbocycles. The minimum absolute atomic E-state index is 0.0943. The third kappa shape index (κ3) is 4.46. The predicted octanol–water partition coefficient (Wildman–Crippen LogP) is 2.79. The van der Waals surface area contributed by atoms with Crippen LogP contribution in [0, 0.1) is 24.0 Å². The van der Waals surface area contributed by atoms with Gasteiger partial charge in [0, 0.05) is 36.8 Å². The van der Waals surface area contributed by atoms with Crippen molar-refractivity contribution in [2.75, 3.05) is 13.1 Å². The van der Waals surface area contributed by atoms with Gasteiger partial charge in [0.15, 0.2) is 0 Å². The predicted molar refractivity (Wildman–Crippen MR) is 108 cm³/mol. The number of hydrogen-bond donors (Lipinski definition) is 1.